The third kappa shape index (κ3) is 1.81. The summed E-state index contributed by atoms with van der Waals surface area (Å²) in [6, 6.07) is 8.47. The Morgan fingerprint density at radius 1 is 1.44 bits per heavy atom. The molecular formula is C12H12N2OS. The fraction of sp³-hybridized carbons (Fsp3) is 0.250. The van der Waals surface area contributed by atoms with Crippen LogP contribution in [0.25, 0.3) is 0 Å². The number of aromatic nitrogens is 1. The van der Waals surface area contributed by atoms with Crippen LogP contribution in [-0.2, 0) is 6.54 Å². The van der Waals surface area contributed by atoms with Crippen molar-refractivity contribution in [1.82, 2.24) is 10.3 Å². The van der Waals surface area contributed by atoms with Crippen LogP contribution >= 0.6 is 11.3 Å². The van der Waals surface area contributed by atoms with Crippen LogP contribution in [0.3, 0.4) is 0 Å². The van der Waals surface area contributed by atoms with E-state index in [9.17, 15) is 0 Å². The first kappa shape index (κ1) is 9.81. The molecule has 1 aromatic carbocycles. The third-order valence-electron chi connectivity index (χ3n) is 2.68. The Labute approximate surface area is 98.1 Å². The van der Waals surface area contributed by atoms with Gasteiger partial charge in [0.05, 0.1) is 6.04 Å². The van der Waals surface area contributed by atoms with E-state index < -0.39 is 0 Å². The first-order valence-corrected chi connectivity index (χ1v) is 6.15. The van der Waals surface area contributed by atoms with Gasteiger partial charge in [-0.15, -0.1) is 11.3 Å². The van der Waals surface area contributed by atoms with Crippen molar-refractivity contribution in [2.24, 2.45) is 0 Å². The lowest BCUT2D eigenvalue weighted by molar-refractivity contribution is 0.310. The van der Waals surface area contributed by atoms with Crippen LogP contribution in [0.5, 0.6) is 5.75 Å². The lowest BCUT2D eigenvalue weighted by atomic mass is 10.1. The Hall–Kier alpha value is -1.39. The predicted molar refractivity (Wildman–Crippen MR) is 63.6 cm³/mol. The summed E-state index contributed by atoms with van der Waals surface area (Å²) in [6.45, 7) is 1.52. The van der Waals surface area contributed by atoms with Gasteiger partial charge in [0, 0.05) is 23.7 Å². The molecule has 16 heavy (non-hydrogen) atoms. The predicted octanol–water partition coefficient (Wildman–Crippen LogP) is 2.37. The van der Waals surface area contributed by atoms with E-state index in [1.54, 1.807) is 11.3 Å². The number of thiazole rings is 1. The van der Waals surface area contributed by atoms with Crippen LogP contribution in [0.2, 0.25) is 0 Å². The second kappa shape index (κ2) is 4.23. The SMILES string of the molecule is c1ccc2c(c1)OCC2NCc1nccs1. The molecule has 3 rings (SSSR count). The molecule has 4 heteroatoms. The minimum absolute atomic E-state index is 0.292. The number of nitrogens with one attached hydrogen (secondary N) is 1. The van der Waals surface area contributed by atoms with E-state index in [1.807, 2.05) is 29.8 Å². The van der Waals surface area contributed by atoms with Gasteiger partial charge in [-0.2, -0.15) is 0 Å². The van der Waals surface area contributed by atoms with Gasteiger partial charge in [0.25, 0.3) is 0 Å². The fourth-order valence-corrected chi connectivity index (χ4v) is 2.45. The quantitative estimate of drug-likeness (QED) is 0.882. The number of hydrogen-bond donors (Lipinski definition) is 1. The average Bonchev–Trinajstić information content (AvgIpc) is 2.96. The lowest BCUT2D eigenvalue weighted by Crippen LogP contribution is -2.21. The molecule has 3 nitrogen and oxygen atoms in total. The molecule has 1 N–H and O–H groups in total. The highest BCUT2D eigenvalue weighted by Crippen LogP contribution is 2.31. The first-order valence-electron chi connectivity index (χ1n) is 5.27. The van der Waals surface area contributed by atoms with E-state index in [1.165, 1.54) is 5.56 Å². The van der Waals surface area contributed by atoms with Gasteiger partial charge in [-0.25, -0.2) is 4.98 Å². The van der Waals surface area contributed by atoms with Crippen LogP contribution in [0.1, 0.15) is 16.6 Å². The van der Waals surface area contributed by atoms with E-state index in [-0.39, 0.29) is 0 Å². The van der Waals surface area contributed by atoms with Gasteiger partial charge < -0.3 is 10.1 Å². The van der Waals surface area contributed by atoms with Gasteiger partial charge in [0.15, 0.2) is 0 Å². The Morgan fingerprint density at radius 2 is 2.38 bits per heavy atom. The molecule has 0 aliphatic carbocycles. The van der Waals surface area contributed by atoms with E-state index >= 15 is 0 Å². The second-order valence-corrected chi connectivity index (χ2v) is 4.69. The molecule has 1 atom stereocenters. The summed E-state index contributed by atoms with van der Waals surface area (Å²) in [5, 5.41) is 6.57. The number of nitrogens with zero attached hydrogens (tertiary/aromatic N) is 1. The van der Waals surface area contributed by atoms with Gasteiger partial charge in [-0.05, 0) is 6.07 Å². The Balaban J connectivity index is 1.69. The number of ether oxygens (including phenoxy) is 1. The summed E-state index contributed by atoms with van der Waals surface area (Å²) in [5.74, 6) is 0.999. The van der Waals surface area contributed by atoms with Crippen LogP contribution in [-0.4, -0.2) is 11.6 Å². The highest BCUT2D eigenvalue weighted by molar-refractivity contribution is 7.09. The Bertz CT molecular complexity index is 470. The second-order valence-electron chi connectivity index (χ2n) is 3.71. The number of rotatable bonds is 3. The van der Waals surface area contributed by atoms with E-state index in [0.29, 0.717) is 12.6 Å². The van der Waals surface area contributed by atoms with Gasteiger partial charge >= 0.3 is 0 Å². The van der Waals surface area contributed by atoms with Crippen molar-refractivity contribution in [3.05, 3.63) is 46.4 Å². The molecule has 2 aromatic rings. The number of benzene rings is 1. The summed E-state index contributed by atoms with van der Waals surface area (Å²) in [6.07, 6.45) is 1.83. The smallest absolute Gasteiger partial charge is 0.124 e. The van der Waals surface area contributed by atoms with Gasteiger partial charge in [0.1, 0.15) is 17.4 Å². The van der Waals surface area contributed by atoms with Crippen LogP contribution in [0.15, 0.2) is 35.8 Å². The van der Waals surface area contributed by atoms with Gasteiger partial charge in [-0.1, -0.05) is 18.2 Å². The van der Waals surface area contributed by atoms with Crippen LogP contribution in [0.4, 0.5) is 0 Å². The molecule has 0 bridgehead atoms. The molecule has 1 aromatic heterocycles. The van der Waals surface area contributed by atoms with Gasteiger partial charge in [-0.3, -0.25) is 0 Å². The standard InChI is InChI=1S/C12H12N2OS/c1-2-4-11-9(3-1)10(8-15-11)14-7-12-13-5-6-16-12/h1-6,10,14H,7-8H2. The van der Waals surface area contributed by atoms with Crippen molar-refractivity contribution in [3.8, 4) is 5.75 Å². The maximum absolute atomic E-state index is 5.60. The van der Waals surface area contributed by atoms with Crippen molar-refractivity contribution in [2.45, 2.75) is 12.6 Å². The largest absolute Gasteiger partial charge is 0.491 e. The molecular weight excluding hydrogens is 220 g/mol. The molecule has 0 radical (unpaired) electrons. The average molecular weight is 232 g/mol. The maximum Gasteiger partial charge on any atom is 0.124 e. The minimum atomic E-state index is 0.292. The molecule has 0 amide bonds. The number of para-hydroxylation sites is 1. The van der Waals surface area contributed by atoms with Crippen molar-refractivity contribution >= 4 is 11.3 Å². The summed E-state index contributed by atoms with van der Waals surface area (Å²) in [7, 11) is 0. The van der Waals surface area contributed by atoms with Gasteiger partial charge in [0.2, 0.25) is 0 Å². The highest BCUT2D eigenvalue weighted by Gasteiger charge is 2.22. The summed E-state index contributed by atoms with van der Waals surface area (Å²) < 4.78 is 5.60. The molecule has 1 unspecified atom stereocenters. The van der Waals surface area contributed by atoms with Crippen molar-refractivity contribution in [2.75, 3.05) is 6.61 Å². The maximum atomic E-state index is 5.60. The van der Waals surface area contributed by atoms with E-state index in [4.69, 9.17) is 4.74 Å². The normalized spacial score (nSPS) is 18.1. The molecule has 1 aliphatic rings. The number of hydrogen-bond acceptors (Lipinski definition) is 4. The molecule has 0 saturated carbocycles. The Morgan fingerprint density at radius 3 is 3.25 bits per heavy atom. The minimum Gasteiger partial charge on any atom is -0.491 e. The molecule has 1 aliphatic heterocycles. The third-order valence-corrected chi connectivity index (χ3v) is 3.46. The van der Waals surface area contributed by atoms with Crippen molar-refractivity contribution in [1.29, 1.82) is 0 Å². The lowest BCUT2D eigenvalue weighted by Gasteiger charge is -2.09. The zero-order valence-electron chi connectivity index (χ0n) is 8.72. The highest BCUT2D eigenvalue weighted by atomic mass is 32.1. The van der Waals surface area contributed by atoms with E-state index in [2.05, 4.69) is 16.4 Å². The molecule has 0 saturated heterocycles. The summed E-state index contributed by atoms with van der Waals surface area (Å²) in [5.41, 5.74) is 1.25. The van der Waals surface area contributed by atoms with Crippen molar-refractivity contribution in [3.63, 3.8) is 0 Å². The fourth-order valence-electron chi connectivity index (χ4n) is 1.88. The first-order chi connectivity index (χ1) is 7.93. The zero-order valence-corrected chi connectivity index (χ0v) is 9.54. The molecule has 2 heterocycles. The monoisotopic (exact) mass is 232 g/mol. The summed E-state index contributed by atoms with van der Waals surface area (Å²) >= 11 is 1.67. The Kier molecular flexibility index (Phi) is 2.60. The number of fused-ring (bicyclic) bond motifs is 1. The molecule has 82 valence electrons. The zero-order chi connectivity index (χ0) is 10.8. The summed E-state index contributed by atoms with van der Waals surface area (Å²) in [4.78, 5) is 4.25. The van der Waals surface area contributed by atoms with Crippen LogP contribution in [0, 0.1) is 0 Å². The molecule has 0 fully saturated rings. The topological polar surface area (TPSA) is 34.1 Å². The molecule has 0 spiro atoms. The van der Waals surface area contributed by atoms with Crippen LogP contribution < -0.4 is 10.1 Å². The van der Waals surface area contributed by atoms with Crippen molar-refractivity contribution < 1.29 is 4.74 Å². The van der Waals surface area contributed by atoms with E-state index in [0.717, 1.165) is 17.3 Å².